The molecule has 2 amide bonds. The van der Waals surface area contributed by atoms with Crippen molar-refractivity contribution >= 4 is 35.0 Å². The molecule has 0 aromatic rings. The van der Waals surface area contributed by atoms with Crippen LogP contribution in [-0.2, 0) is 14.3 Å². The van der Waals surface area contributed by atoms with Crippen molar-refractivity contribution in [2.24, 2.45) is 5.92 Å². The molecule has 33 heavy (non-hydrogen) atoms. The Labute approximate surface area is 208 Å². The highest BCUT2D eigenvalue weighted by Gasteiger charge is 2.30. The normalized spacial score (nSPS) is 29.2. The average Bonchev–Trinajstić information content (AvgIpc) is 2.72. The molecule has 0 spiro atoms. The third kappa shape index (κ3) is 11.0. The fraction of sp³-hybridized carbons (Fsp3) is 0.833. The largest absolute Gasteiger partial charge is 0.390 e. The van der Waals surface area contributed by atoms with Gasteiger partial charge in [0.15, 0.2) is 0 Å². The lowest BCUT2D eigenvalue weighted by Gasteiger charge is -2.31. The highest BCUT2D eigenvalue weighted by Crippen LogP contribution is 2.29. The number of aliphatic hydroxyl groups is 1. The summed E-state index contributed by atoms with van der Waals surface area (Å²) in [6.45, 7) is 10.2. The lowest BCUT2D eigenvalue weighted by molar-refractivity contribution is -0.127. The van der Waals surface area contributed by atoms with Crippen molar-refractivity contribution in [2.45, 2.75) is 107 Å². The van der Waals surface area contributed by atoms with E-state index in [0.29, 0.717) is 24.5 Å². The molecule has 0 radical (unpaired) electrons. The minimum Gasteiger partial charge on any atom is -0.390 e. The number of carbonyl (C=O) groups is 2. The number of amides is 2. The summed E-state index contributed by atoms with van der Waals surface area (Å²) in [5, 5.41) is 18.8. The molecule has 9 heteroatoms. The lowest BCUT2D eigenvalue weighted by Crippen LogP contribution is -2.51. The zero-order chi connectivity index (χ0) is 24.6. The molecule has 0 aromatic carbocycles. The van der Waals surface area contributed by atoms with Gasteiger partial charge in [-0.2, -0.15) is 0 Å². The Bertz CT molecular complexity index is 671. The van der Waals surface area contributed by atoms with E-state index in [4.69, 9.17) is 27.9 Å². The van der Waals surface area contributed by atoms with Gasteiger partial charge < -0.3 is 25.8 Å². The van der Waals surface area contributed by atoms with Crippen LogP contribution in [0.25, 0.3) is 0 Å². The summed E-state index contributed by atoms with van der Waals surface area (Å²) < 4.78 is 5.67. The lowest BCUT2D eigenvalue weighted by atomic mass is 9.85. The van der Waals surface area contributed by atoms with E-state index in [1.54, 1.807) is 0 Å². The van der Waals surface area contributed by atoms with Crippen molar-refractivity contribution in [2.75, 3.05) is 13.2 Å². The Hall–Kier alpha value is -0.860. The molecular formula is C24H41Cl2N3O4. The minimum atomic E-state index is -0.677. The standard InChI is InChI=1S/C24H41Cl2N3O4/c1-15(28-22(30)14-33-18-5-6-19(25)20(26)13-18)11-16(2)29-23(31)21-12-17(8-10-27-21)7-9-24(3,4)32/h16-21,27,32H,1,5-14H2,2-4H3,(H,28,30)(H,29,31). The van der Waals surface area contributed by atoms with Crippen molar-refractivity contribution in [3.8, 4) is 0 Å². The first-order valence-corrected chi connectivity index (χ1v) is 12.9. The van der Waals surface area contributed by atoms with Crippen molar-refractivity contribution in [3.63, 3.8) is 0 Å². The van der Waals surface area contributed by atoms with Crippen LogP contribution in [0.4, 0.5) is 0 Å². The maximum absolute atomic E-state index is 12.7. The Morgan fingerprint density at radius 3 is 2.61 bits per heavy atom. The van der Waals surface area contributed by atoms with Crippen LogP contribution in [-0.4, -0.2) is 64.6 Å². The summed E-state index contributed by atoms with van der Waals surface area (Å²) in [5.74, 6) is 0.122. The van der Waals surface area contributed by atoms with Crippen LogP contribution in [0.1, 0.15) is 72.1 Å². The van der Waals surface area contributed by atoms with Gasteiger partial charge in [0.2, 0.25) is 11.8 Å². The second-order valence-corrected chi connectivity index (χ2v) is 11.4. The van der Waals surface area contributed by atoms with Gasteiger partial charge in [0, 0.05) is 18.2 Å². The van der Waals surface area contributed by atoms with Crippen molar-refractivity contribution in [3.05, 3.63) is 12.3 Å². The van der Waals surface area contributed by atoms with Gasteiger partial charge in [-0.25, -0.2) is 0 Å². The van der Waals surface area contributed by atoms with E-state index in [2.05, 4.69) is 22.5 Å². The molecule has 6 atom stereocenters. The van der Waals surface area contributed by atoms with E-state index in [0.717, 1.165) is 45.1 Å². The Morgan fingerprint density at radius 2 is 1.94 bits per heavy atom. The van der Waals surface area contributed by atoms with Gasteiger partial charge in [-0.3, -0.25) is 9.59 Å². The summed E-state index contributed by atoms with van der Waals surface area (Å²) in [5.41, 5.74) is -0.140. The predicted octanol–water partition coefficient (Wildman–Crippen LogP) is 3.21. The summed E-state index contributed by atoms with van der Waals surface area (Å²) in [4.78, 5) is 24.9. The zero-order valence-corrected chi connectivity index (χ0v) is 21.7. The van der Waals surface area contributed by atoms with Crippen LogP contribution in [0.3, 0.4) is 0 Å². The van der Waals surface area contributed by atoms with E-state index in [1.165, 1.54) is 0 Å². The van der Waals surface area contributed by atoms with Crippen LogP contribution >= 0.6 is 23.2 Å². The topological polar surface area (TPSA) is 99.7 Å². The molecule has 1 saturated heterocycles. The van der Waals surface area contributed by atoms with Crippen molar-refractivity contribution in [1.29, 1.82) is 0 Å². The smallest absolute Gasteiger partial charge is 0.250 e. The number of carbonyl (C=O) groups excluding carboxylic acids is 2. The van der Waals surface area contributed by atoms with Crippen molar-refractivity contribution < 1.29 is 19.4 Å². The number of nitrogens with one attached hydrogen (secondary N) is 3. The maximum Gasteiger partial charge on any atom is 0.250 e. The molecule has 1 heterocycles. The highest BCUT2D eigenvalue weighted by atomic mass is 35.5. The third-order valence-electron chi connectivity index (χ3n) is 6.35. The van der Waals surface area contributed by atoms with Crippen LogP contribution in [0.5, 0.6) is 0 Å². The molecule has 7 nitrogen and oxygen atoms in total. The van der Waals surface area contributed by atoms with Gasteiger partial charge in [0.05, 0.1) is 28.5 Å². The predicted molar refractivity (Wildman–Crippen MR) is 132 cm³/mol. The van der Waals surface area contributed by atoms with E-state index in [-0.39, 0.29) is 47.4 Å². The number of rotatable bonds is 11. The first kappa shape index (κ1) is 28.4. The Balaban J connectivity index is 1.66. The number of alkyl halides is 2. The average molecular weight is 507 g/mol. The first-order chi connectivity index (χ1) is 15.4. The quantitative estimate of drug-likeness (QED) is 0.323. The molecular weight excluding hydrogens is 465 g/mol. The summed E-state index contributed by atoms with van der Waals surface area (Å²) in [7, 11) is 0. The number of hydrogen-bond acceptors (Lipinski definition) is 5. The molecule has 190 valence electrons. The monoisotopic (exact) mass is 505 g/mol. The van der Waals surface area contributed by atoms with Crippen molar-refractivity contribution in [1.82, 2.24) is 16.0 Å². The minimum absolute atomic E-state index is 0.0385. The van der Waals surface area contributed by atoms with Gasteiger partial charge in [-0.15, -0.1) is 23.2 Å². The van der Waals surface area contributed by atoms with Crippen LogP contribution in [0.2, 0.25) is 0 Å². The second-order valence-electron chi connectivity index (χ2n) is 10.3. The molecule has 2 rings (SSSR count). The molecule has 1 saturated carbocycles. The molecule has 1 aliphatic heterocycles. The Kier molecular flexibility index (Phi) is 11.4. The van der Waals surface area contributed by atoms with Gasteiger partial charge in [0.25, 0.3) is 0 Å². The fourth-order valence-electron chi connectivity index (χ4n) is 4.45. The summed E-state index contributed by atoms with van der Waals surface area (Å²) in [6.07, 6.45) is 6.01. The molecule has 0 bridgehead atoms. The Morgan fingerprint density at radius 1 is 1.21 bits per heavy atom. The van der Waals surface area contributed by atoms with E-state index >= 15 is 0 Å². The van der Waals surface area contributed by atoms with E-state index in [1.807, 2.05) is 20.8 Å². The number of halogens is 2. The van der Waals surface area contributed by atoms with Gasteiger partial charge in [-0.05, 0) is 78.2 Å². The summed E-state index contributed by atoms with van der Waals surface area (Å²) >= 11 is 12.3. The number of hydrogen-bond donors (Lipinski definition) is 4. The highest BCUT2D eigenvalue weighted by molar-refractivity contribution is 6.30. The van der Waals surface area contributed by atoms with E-state index in [9.17, 15) is 14.7 Å². The molecule has 0 aromatic heterocycles. The van der Waals surface area contributed by atoms with Crippen LogP contribution in [0, 0.1) is 5.92 Å². The molecule has 2 aliphatic rings. The first-order valence-electron chi connectivity index (χ1n) is 12.1. The maximum atomic E-state index is 12.7. The van der Waals surface area contributed by atoms with Crippen LogP contribution < -0.4 is 16.0 Å². The zero-order valence-electron chi connectivity index (χ0n) is 20.2. The fourth-order valence-corrected chi connectivity index (χ4v) is 5.00. The van der Waals surface area contributed by atoms with Gasteiger partial charge in [-0.1, -0.05) is 6.58 Å². The SMILES string of the molecule is C=C(CC(C)NC(=O)C1CC(CCC(C)(C)O)CCN1)NC(=O)COC1CCC(Cl)C(Cl)C1. The molecule has 6 unspecified atom stereocenters. The van der Waals surface area contributed by atoms with E-state index < -0.39 is 5.60 Å². The third-order valence-corrected chi connectivity index (χ3v) is 7.48. The molecule has 1 aliphatic carbocycles. The number of ether oxygens (including phenoxy) is 1. The second kappa shape index (κ2) is 13.3. The van der Waals surface area contributed by atoms with Gasteiger partial charge in [0.1, 0.15) is 6.61 Å². The molecule has 4 N–H and O–H groups in total. The van der Waals surface area contributed by atoms with Gasteiger partial charge >= 0.3 is 0 Å². The summed E-state index contributed by atoms with van der Waals surface area (Å²) in [6, 6.07) is -0.404. The molecule has 2 fully saturated rings. The van der Waals surface area contributed by atoms with Crippen LogP contribution in [0.15, 0.2) is 12.3 Å². The number of piperidine rings is 1.